The zero-order valence-corrected chi connectivity index (χ0v) is 18.7. The maximum Gasteiger partial charge on any atom is 0.259 e. The number of fused-ring (bicyclic) bond motifs is 1. The molecule has 4 aromatic rings. The fourth-order valence-corrected chi connectivity index (χ4v) is 3.58. The Morgan fingerprint density at radius 2 is 1.65 bits per heavy atom. The van der Waals surface area contributed by atoms with Gasteiger partial charge in [-0.2, -0.15) is 0 Å². The molecule has 170 valence electrons. The average molecular weight is 453 g/mol. The lowest BCUT2D eigenvalue weighted by atomic mass is 9.99. The number of phenols is 1. The van der Waals surface area contributed by atoms with Crippen molar-refractivity contribution >= 4 is 45.9 Å². The van der Waals surface area contributed by atoms with Crippen LogP contribution in [0.2, 0.25) is 0 Å². The minimum absolute atomic E-state index is 0.118. The van der Waals surface area contributed by atoms with E-state index in [0.29, 0.717) is 28.4 Å². The molecule has 0 spiro atoms. The number of nitrogens with one attached hydrogen (secondary N) is 2. The Balaban J connectivity index is 1.70. The van der Waals surface area contributed by atoms with Crippen LogP contribution in [-0.2, 0) is 4.79 Å². The molecule has 0 heterocycles. The Morgan fingerprint density at radius 3 is 2.38 bits per heavy atom. The van der Waals surface area contributed by atoms with E-state index in [0.717, 1.165) is 10.8 Å². The lowest BCUT2D eigenvalue weighted by molar-refractivity contribution is -0.114. The van der Waals surface area contributed by atoms with E-state index in [1.54, 1.807) is 54.6 Å². The van der Waals surface area contributed by atoms with Crippen molar-refractivity contribution < 1.29 is 19.4 Å². The van der Waals surface area contributed by atoms with Gasteiger partial charge >= 0.3 is 0 Å². The van der Waals surface area contributed by atoms with Gasteiger partial charge in [0.25, 0.3) is 5.91 Å². The Bertz CT molecular complexity index is 1400. The molecule has 0 saturated carbocycles. The minimum atomic E-state index is -0.470. The van der Waals surface area contributed by atoms with Crippen LogP contribution in [0.4, 0.5) is 17.1 Å². The molecule has 0 aliphatic heterocycles. The van der Waals surface area contributed by atoms with Gasteiger partial charge in [-0.05, 0) is 53.2 Å². The van der Waals surface area contributed by atoms with Crippen molar-refractivity contribution in [3.05, 3.63) is 90.0 Å². The fraction of sp³-hybridized carbons (Fsp3) is 0.0741. The zero-order chi connectivity index (χ0) is 24.1. The number of amides is 2. The van der Waals surface area contributed by atoms with Crippen LogP contribution >= 0.6 is 0 Å². The van der Waals surface area contributed by atoms with Crippen molar-refractivity contribution in [1.82, 2.24) is 0 Å². The van der Waals surface area contributed by atoms with E-state index in [4.69, 9.17) is 4.74 Å². The molecule has 0 fully saturated rings. The van der Waals surface area contributed by atoms with Gasteiger partial charge < -0.3 is 20.5 Å². The first-order valence-electron chi connectivity index (χ1n) is 10.6. The minimum Gasteiger partial charge on any atom is -0.506 e. The summed E-state index contributed by atoms with van der Waals surface area (Å²) < 4.78 is 5.30. The van der Waals surface area contributed by atoms with Crippen molar-refractivity contribution in [1.29, 1.82) is 0 Å². The molecular weight excluding hydrogens is 430 g/mol. The van der Waals surface area contributed by atoms with Crippen LogP contribution in [0.15, 0.2) is 83.9 Å². The first kappa shape index (κ1) is 22.5. The molecule has 0 aromatic heterocycles. The lowest BCUT2D eigenvalue weighted by Crippen LogP contribution is -2.13. The normalized spacial score (nSPS) is 10.9. The first-order valence-corrected chi connectivity index (χ1v) is 10.6. The summed E-state index contributed by atoms with van der Waals surface area (Å²) in [6.07, 6.45) is 1.53. The van der Waals surface area contributed by atoms with E-state index in [1.165, 1.54) is 20.2 Å². The quantitative estimate of drug-likeness (QED) is 0.335. The number of rotatable bonds is 6. The number of aromatic hydroxyl groups is 1. The molecule has 0 saturated heterocycles. The van der Waals surface area contributed by atoms with Crippen LogP contribution in [0.5, 0.6) is 11.5 Å². The number of methoxy groups -OCH3 is 1. The van der Waals surface area contributed by atoms with Crippen molar-refractivity contribution in [2.24, 2.45) is 4.99 Å². The summed E-state index contributed by atoms with van der Waals surface area (Å²) in [5.41, 5.74) is 2.33. The van der Waals surface area contributed by atoms with Crippen LogP contribution < -0.4 is 15.4 Å². The van der Waals surface area contributed by atoms with Crippen LogP contribution in [0, 0.1) is 0 Å². The molecule has 7 nitrogen and oxygen atoms in total. The Labute approximate surface area is 196 Å². The summed E-state index contributed by atoms with van der Waals surface area (Å²) in [4.78, 5) is 28.8. The van der Waals surface area contributed by atoms with E-state index in [1.807, 2.05) is 24.3 Å². The highest BCUT2D eigenvalue weighted by Crippen LogP contribution is 2.32. The van der Waals surface area contributed by atoms with E-state index in [-0.39, 0.29) is 17.2 Å². The third-order valence-electron chi connectivity index (χ3n) is 5.19. The number of hydrogen-bond donors (Lipinski definition) is 3. The van der Waals surface area contributed by atoms with Gasteiger partial charge in [0.1, 0.15) is 11.5 Å². The molecule has 34 heavy (non-hydrogen) atoms. The smallest absolute Gasteiger partial charge is 0.259 e. The Morgan fingerprint density at radius 1 is 0.941 bits per heavy atom. The zero-order valence-electron chi connectivity index (χ0n) is 18.7. The van der Waals surface area contributed by atoms with Gasteiger partial charge in [-0.25, -0.2) is 0 Å². The van der Waals surface area contributed by atoms with Gasteiger partial charge in [0.05, 0.1) is 24.0 Å². The van der Waals surface area contributed by atoms with Crippen molar-refractivity contribution in [2.45, 2.75) is 6.92 Å². The second-order valence-electron chi connectivity index (χ2n) is 7.55. The molecule has 4 aromatic carbocycles. The van der Waals surface area contributed by atoms with Crippen LogP contribution in [-0.4, -0.2) is 30.2 Å². The first-order chi connectivity index (χ1) is 16.5. The van der Waals surface area contributed by atoms with Crippen molar-refractivity contribution in [3.8, 4) is 11.5 Å². The van der Waals surface area contributed by atoms with E-state index in [9.17, 15) is 14.7 Å². The standard InChI is InChI=1S/C27H23N3O4/c1-17(31)29-20-13-11-19(12-14-20)28-16-23-21-8-4-3-7-18(21)15-22(26(23)32)27(33)30-24-9-5-6-10-25(24)34-2/h3-16,32H,1-2H3,(H,29,31)(H,30,33). The second-order valence-corrected chi connectivity index (χ2v) is 7.55. The number of benzene rings is 4. The molecule has 2 amide bonds. The van der Waals surface area contributed by atoms with E-state index in [2.05, 4.69) is 15.6 Å². The van der Waals surface area contributed by atoms with Gasteiger partial charge in [0, 0.05) is 24.4 Å². The highest BCUT2D eigenvalue weighted by atomic mass is 16.5. The van der Waals surface area contributed by atoms with Gasteiger partial charge in [0.2, 0.25) is 5.91 Å². The molecule has 0 unspecified atom stereocenters. The molecule has 0 radical (unpaired) electrons. The van der Waals surface area contributed by atoms with Gasteiger partial charge in [-0.15, -0.1) is 0 Å². The Kier molecular flexibility index (Phi) is 6.54. The van der Waals surface area contributed by atoms with Crippen LogP contribution in [0.25, 0.3) is 10.8 Å². The molecule has 0 aliphatic rings. The number of para-hydroxylation sites is 2. The van der Waals surface area contributed by atoms with Crippen LogP contribution in [0.1, 0.15) is 22.8 Å². The van der Waals surface area contributed by atoms with Gasteiger partial charge in [0.15, 0.2) is 0 Å². The number of anilines is 2. The third kappa shape index (κ3) is 4.88. The number of nitrogens with zero attached hydrogens (tertiary/aromatic N) is 1. The van der Waals surface area contributed by atoms with Crippen LogP contribution in [0.3, 0.4) is 0 Å². The summed E-state index contributed by atoms with van der Waals surface area (Å²) in [6.45, 7) is 1.44. The number of phenolic OH excluding ortho intramolecular Hbond substituents is 1. The largest absolute Gasteiger partial charge is 0.506 e. The van der Waals surface area contributed by atoms with Gasteiger partial charge in [-0.3, -0.25) is 14.6 Å². The predicted octanol–water partition coefficient (Wildman–Crippen LogP) is 5.52. The summed E-state index contributed by atoms with van der Waals surface area (Å²) in [6, 6.07) is 23.1. The maximum atomic E-state index is 13.1. The Hall–Kier alpha value is -4.65. The summed E-state index contributed by atoms with van der Waals surface area (Å²) in [7, 11) is 1.52. The fourth-order valence-electron chi connectivity index (χ4n) is 3.58. The lowest BCUT2D eigenvalue weighted by Gasteiger charge is -2.13. The molecule has 0 atom stereocenters. The average Bonchev–Trinajstić information content (AvgIpc) is 2.84. The maximum absolute atomic E-state index is 13.1. The number of ether oxygens (including phenoxy) is 1. The summed E-state index contributed by atoms with van der Waals surface area (Å²) in [5, 5.41) is 18.1. The highest BCUT2D eigenvalue weighted by Gasteiger charge is 2.18. The number of carbonyl (C=O) groups is 2. The molecule has 3 N–H and O–H groups in total. The highest BCUT2D eigenvalue weighted by molar-refractivity contribution is 6.13. The summed E-state index contributed by atoms with van der Waals surface area (Å²) in [5.74, 6) is -0.289. The molecule has 7 heteroatoms. The second kappa shape index (κ2) is 9.87. The van der Waals surface area contributed by atoms with Gasteiger partial charge in [-0.1, -0.05) is 36.4 Å². The molecular formula is C27H23N3O4. The number of hydrogen-bond acceptors (Lipinski definition) is 5. The van der Waals surface area contributed by atoms with Crippen molar-refractivity contribution in [2.75, 3.05) is 17.7 Å². The topological polar surface area (TPSA) is 100 Å². The third-order valence-corrected chi connectivity index (χ3v) is 5.19. The SMILES string of the molecule is COc1ccccc1NC(=O)c1cc2ccccc2c(C=Nc2ccc(NC(C)=O)cc2)c1O. The molecule has 0 bridgehead atoms. The van der Waals surface area contributed by atoms with Crippen molar-refractivity contribution in [3.63, 3.8) is 0 Å². The number of carbonyl (C=O) groups excluding carboxylic acids is 2. The molecule has 0 aliphatic carbocycles. The monoisotopic (exact) mass is 453 g/mol. The predicted molar refractivity (Wildman–Crippen MR) is 135 cm³/mol. The molecule has 4 rings (SSSR count). The number of aliphatic imine (C=N–C) groups is 1. The summed E-state index contributed by atoms with van der Waals surface area (Å²) >= 11 is 0. The van der Waals surface area contributed by atoms with E-state index >= 15 is 0 Å². The van der Waals surface area contributed by atoms with E-state index < -0.39 is 5.91 Å².